The topological polar surface area (TPSA) is 96.2 Å². The van der Waals surface area contributed by atoms with Crippen molar-refractivity contribution in [3.8, 4) is 11.9 Å². The summed E-state index contributed by atoms with van der Waals surface area (Å²) in [5.74, 6) is 0.114. The molecule has 0 bridgehead atoms. The lowest BCUT2D eigenvalue weighted by Crippen LogP contribution is -2.32. The maximum atomic E-state index is 12.6. The maximum Gasteiger partial charge on any atom is 0.251 e. The Hall–Kier alpha value is -2.50. The average molecular weight is 358 g/mol. The third-order valence-electron chi connectivity index (χ3n) is 3.98. The number of ether oxygens (including phenoxy) is 1. The monoisotopic (exact) mass is 358 g/mol. The van der Waals surface area contributed by atoms with Crippen LogP contribution in [0, 0.1) is 18.3 Å². The van der Waals surface area contributed by atoms with Crippen LogP contribution in [-0.4, -0.2) is 41.9 Å². The van der Waals surface area contributed by atoms with Crippen molar-refractivity contribution < 1.29 is 13.2 Å². The molecule has 1 aromatic heterocycles. The minimum Gasteiger partial charge on any atom is -0.471 e. The minimum absolute atomic E-state index is 0.0318. The summed E-state index contributed by atoms with van der Waals surface area (Å²) < 4.78 is 32.4. The second kappa shape index (κ2) is 7.17. The van der Waals surface area contributed by atoms with E-state index in [-0.39, 0.29) is 30.0 Å². The van der Waals surface area contributed by atoms with Gasteiger partial charge in [-0.05, 0) is 18.9 Å². The van der Waals surface area contributed by atoms with Crippen LogP contribution in [-0.2, 0) is 15.8 Å². The molecule has 1 aliphatic heterocycles. The van der Waals surface area contributed by atoms with Gasteiger partial charge in [0, 0.05) is 18.9 Å². The molecule has 2 aromatic rings. The van der Waals surface area contributed by atoms with Crippen molar-refractivity contribution in [3.05, 3.63) is 53.5 Å². The van der Waals surface area contributed by atoms with E-state index in [1.54, 1.807) is 0 Å². The molecular formula is C17H18N4O3S. The van der Waals surface area contributed by atoms with Gasteiger partial charge in [0.05, 0.1) is 12.3 Å². The molecule has 8 heteroatoms. The molecule has 0 unspecified atom stereocenters. The van der Waals surface area contributed by atoms with Crippen LogP contribution in [0.2, 0.25) is 0 Å². The molecule has 0 amide bonds. The highest BCUT2D eigenvalue weighted by atomic mass is 32.2. The summed E-state index contributed by atoms with van der Waals surface area (Å²) in [6.07, 6.45) is 3.07. The highest BCUT2D eigenvalue weighted by molar-refractivity contribution is 7.88. The summed E-state index contributed by atoms with van der Waals surface area (Å²) in [4.78, 5) is 7.89. The van der Waals surface area contributed by atoms with Crippen molar-refractivity contribution in [1.82, 2.24) is 14.3 Å². The maximum absolute atomic E-state index is 12.6. The fourth-order valence-corrected chi connectivity index (χ4v) is 4.36. The van der Waals surface area contributed by atoms with Crippen LogP contribution in [0.1, 0.15) is 23.2 Å². The molecule has 25 heavy (non-hydrogen) atoms. The van der Waals surface area contributed by atoms with Gasteiger partial charge in [-0.25, -0.2) is 18.4 Å². The van der Waals surface area contributed by atoms with Gasteiger partial charge in [0.15, 0.2) is 0 Å². The van der Waals surface area contributed by atoms with E-state index < -0.39 is 10.0 Å². The van der Waals surface area contributed by atoms with Gasteiger partial charge in [0.2, 0.25) is 15.7 Å². The van der Waals surface area contributed by atoms with Crippen LogP contribution in [0.25, 0.3) is 0 Å². The summed E-state index contributed by atoms with van der Waals surface area (Å²) in [7, 11) is -3.42. The lowest BCUT2D eigenvalue weighted by atomic mass is 10.2. The molecule has 0 radical (unpaired) electrons. The Labute approximate surface area is 147 Å². The van der Waals surface area contributed by atoms with Crippen molar-refractivity contribution in [2.45, 2.75) is 25.2 Å². The van der Waals surface area contributed by atoms with Crippen molar-refractivity contribution in [1.29, 1.82) is 5.26 Å². The largest absolute Gasteiger partial charge is 0.471 e. The fourth-order valence-electron chi connectivity index (χ4n) is 2.80. The normalized spacial score (nSPS) is 18.0. The molecule has 1 saturated heterocycles. The second-order valence-electron chi connectivity index (χ2n) is 5.95. The Kier molecular flexibility index (Phi) is 4.97. The molecular weight excluding hydrogens is 340 g/mol. The number of nitrogens with zero attached hydrogens (tertiary/aromatic N) is 4. The van der Waals surface area contributed by atoms with E-state index >= 15 is 0 Å². The molecule has 130 valence electrons. The van der Waals surface area contributed by atoms with Crippen LogP contribution in [0.5, 0.6) is 5.88 Å². The predicted molar refractivity (Wildman–Crippen MR) is 91.2 cm³/mol. The van der Waals surface area contributed by atoms with Gasteiger partial charge in [0.1, 0.15) is 12.2 Å². The summed E-state index contributed by atoms with van der Waals surface area (Å²) in [5.41, 5.74) is 1.90. The van der Waals surface area contributed by atoms with Crippen molar-refractivity contribution in [2.75, 3.05) is 13.1 Å². The van der Waals surface area contributed by atoms with Crippen LogP contribution >= 0.6 is 0 Å². The van der Waals surface area contributed by atoms with Crippen LogP contribution < -0.4 is 4.74 Å². The zero-order valence-electron chi connectivity index (χ0n) is 13.8. The Morgan fingerprint density at radius 3 is 2.92 bits per heavy atom. The lowest BCUT2D eigenvalue weighted by Gasteiger charge is -2.17. The Morgan fingerprint density at radius 1 is 1.36 bits per heavy atom. The Balaban J connectivity index is 1.66. The van der Waals surface area contributed by atoms with Gasteiger partial charge in [0.25, 0.3) is 5.88 Å². The highest BCUT2D eigenvalue weighted by Crippen LogP contribution is 2.22. The van der Waals surface area contributed by atoms with E-state index in [0.29, 0.717) is 13.0 Å². The number of aromatic nitrogens is 2. The first kappa shape index (κ1) is 17.3. The first-order chi connectivity index (χ1) is 12.0. The van der Waals surface area contributed by atoms with Crippen molar-refractivity contribution >= 4 is 10.0 Å². The highest BCUT2D eigenvalue weighted by Gasteiger charge is 2.33. The van der Waals surface area contributed by atoms with Gasteiger partial charge in [-0.2, -0.15) is 9.57 Å². The number of sulfonamides is 1. The number of nitriles is 1. The molecule has 0 saturated carbocycles. The van der Waals surface area contributed by atoms with Crippen LogP contribution in [0.15, 0.2) is 36.7 Å². The van der Waals surface area contributed by atoms with Crippen LogP contribution in [0.3, 0.4) is 0 Å². The van der Waals surface area contributed by atoms with Gasteiger partial charge in [-0.3, -0.25) is 0 Å². The first-order valence-corrected chi connectivity index (χ1v) is 9.50. The number of rotatable bonds is 5. The molecule has 1 aromatic carbocycles. The van der Waals surface area contributed by atoms with Crippen LogP contribution in [0.4, 0.5) is 0 Å². The van der Waals surface area contributed by atoms with Gasteiger partial charge < -0.3 is 4.74 Å². The average Bonchev–Trinajstić information content (AvgIpc) is 3.04. The Bertz CT molecular complexity index is 908. The number of benzene rings is 1. The second-order valence-corrected chi connectivity index (χ2v) is 7.92. The number of hydrogen-bond donors (Lipinski definition) is 0. The predicted octanol–water partition coefficient (Wildman–Crippen LogP) is 1.64. The van der Waals surface area contributed by atoms with Crippen molar-refractivity contribution in [3.63, 3.8) is 0 Å². The van der Waals surface area contributed by atoms with Gasteiger partial charge in [-0.15, -0.1) is 0 Å². The molecule has 0 spiro atoms. The summed E-state index contributed by atoms with van der Waals surface area (Å²) in [6, 6.07) is 9.40. The molecule has 3 rings (SSSR count). The molecule has 2 heterocycles. The van der Waals surface area contributed by atoms with E-state index in [1.807, 2.05) is 37.3 Å². The third kappa shape index (κ3) is 4.13. The van der Waals surface area contributed by atoms with Gasteiger partial charge >= 0.3 is 0 Å². The molecule has 0 aliphatic carbocycles. The summed E-state index contributed by atoms with van der Waals surface area (Å²) in [6.45, 7) is 2.57. The first-order valence-electron chi connectivity index (χ1n) is 7.89. The zero-order valence-corrected chi connectivity index (χ0v) is 14.6. The smallest absolute Gasteiger partial charge is 0.251 e. The SMILES string of the molecule is Cc1cccc(CS(=O)(=O)N2CC[C@@H](Oc3nccnc3C#N)C2)c1. The van der Waals surface area contributed by atoms with E-state index in [4.69, 9.17) is 10.00 Å². The molecule has 7 nitrogen and oxygen atoms in total. The lowest BCUT2D eigenvalue weighted by molar-refractivity contribution is 0.205. The fraction of sp³-hybridized carbons (Fsp3) is 0.353. The molecule has 1 fully saturated rings. The molecule has 1 atom stereocenters. The minimum atomic E-state index is -3.42. The van der Waals surface area contributed by atoms with Crippen molar-refractivity contribution in [2.24, 2.45) is 0 Å². The zero-order chi connectivity index (χ0) is 17.9. The Morgan fingerprint density at radius 2 is 2.16 bits per heavy atom. The number of aryl methyl sites for hydroxylation is 1. The number of hydrogen-bond acceptors (Lipinski definition) is 6. The van der Waals surface area contributed by atoms with E-state index in [2.05, 4.69) is 9.97 Å². The quantitative estimate of drug-likeness (QED) is 0.806. The van der Waals surface area contributed by atoms with E-state index in [1.165, 1.54) is 16.7 Å². The summed E-state index contributed by atoms with van der Waals surface area (Å²) in [5, 5.41) is 9.02. The summed E-state index contributed by atoms with van der Waals surface area (Å²) >= 11 is 0. The van der Waals surface area contributed by atoms with Gasteiger partial charge in [-0.1, -0.05) is 29.8 Å². The molecule has 0 N–H and O–H groups in total. The standard InChI is InChI=1S/C17H18N4O3S/c1-13-3-2-4-14(9-13)12-25(22,23)21-8-5-15(11-21)24-17-16(10-18)19-6-7-20-17/h2-4,6-7,9,15H,5,8,11-12H2,1H3/t15-/m1/s1. The molecule has 1 aliphatic rings. The van der Waals surface area contributed by atoms with E-state index in [9.17, 15) is 8.42 Å². The van der Waals surface area contributed by atoms with E-state index in [0.717, 1.165) is 11.1 Å². The third-order valence-corrected chi connectivity index (χ3v) is 5.80.